The van der Waals surface area contributed by atoms with Gasteiger partial charge < -0.3 is 40.5 Å². The molecule has 0 aromatic heterocycles. The highest BCUT2D eigenvalue weighted by Crippen LogP contribution is 2.43. The highest BCUT2D eigenvalue weighted by atomic mass is 31.2. The topological polar surface area (TPSA) is 232 Å². The number of carbonyl (C=O) groups is 3. The molecule has 0 fully saturated rings. The molecular weight excluding hydrogens is 805 g/mol. The summed E-state index contributed by atoms with van der Waals surface area (Å²) in [5.41, 5.74) is 5.31. The Bertz CT molecular complexity index is 1410. The third-order valence-electron chi connectivity index (χ3n) is 8.98. The van der Waals surface area contributed by atoms with Crippen LogP contribution in [0.2, 0.25) is 0 Å². The number of aliphatic hydroxyl groups is 3. The molecule has 0 aromatic rings. The number of aliphatic carboxylic acids is 1. The number of allylic oxidation sites excluding steroid dienone is 12. The van der Waals surface area contributed by atoms with Crippen LogP contribution >= 0.6 is 7.82 Å². The quantitative estimate of drug-likeness (QED) is 0.0112. The average Bonchev–Trinajstić information content (AvgIpc) is 3.22. The molecule has 14 nitrogen and oxygen atoms in total. The van der Waals surface area contributed by atoms with Crippen molar-refractivity contribution in [1.82, 2.24) is 0 Å². The molecule has 1 unspecified atom stereocenters. The van der Waals surface area contributed by atoms with Gasteiger partial charge >= 0.3 is 25.7 Å². The fraction of sp³-hybridized carbons (Fsp3) is 0.630. The standard InChI is InChI=1S/C46H76NO13P/c1-3-5-7-8-9-10-11-12-13-14-15-16-17-18-19-24-28-34-44(51)57-36-40(37-58-61(55,56)59-38-41(47)46(53)54)60-45(52)35-29-33-43(50)42(49)32-27-23-21-20-22-26-31-39(48)30-25-6-4-2/h12-13,15-16,18-23,26-27,31-32,39-43,48-50H,3-11,14,17,24-25,28-30,33-38,47H2,1-2H3,(H,53,54)(H,55,56)/b13-12-,16-15-,19-18-,22-20-,23-21+,31-26+,32-27+/t39-,40+,41-,42-,43-/m0/s1. The normalized spacial score (nSPS) is 16.0. The van der Waals surface area contributed by atoms with Gasteiger partial charge in [-0.15, -0.1) is 0 Å². The van der Waals surface area contributed by atoms with E-state index in [0.717, 1.165) is 44.9 Å². The van der Waals surface area contributed by atoms with E-state index < -0.39 is 76.0 Å². The van der Waals surface area contributed by atoms with Gasteiger partial charge in [-0.25, -0.2) is 4.57 Å². The van der Waals surface area contributed by atoms with Gasteiger partial charge in [-0.1, -0.05) is 150 Å². The smallest absolute Gasteiger partial charge is 0.472 e. The summed E-state index contributed by atoms with van der Waals surface area (Å²) in [6.07, 6.45) is 37.4. The van der Waals surface area contributed by atoms with Crippen molar-refractivity contribution >= 4 is 25.7 Å². The summed E-state index contributed by atoms with van der Waals surface area (Å²) in [6, 6.07) is -1.59. The lowest BCUT2D eigenvalue weighted by Gasteiger charge is -2.20. The minimum atomic E-state index is -4.83. The average molecular weight is 882 g/mol. The molecule has 0 spiro atoms. The van der Waals surface area contributed by atoms with Crippen molar-refractivity contribution in [2.24, 2.45) is 5.73 Å². The number of ether oxygens (including phenoxy) is 2. The predicted molar refractivity (Wildman–Crippen MR) is 239 cm³/mol. The summed E-state index contributed by atoms with van der Waals surface area (Å²) in [5, 5.41) is 39.4. The van der Waals surface area contributed by atoms with Crippen molar-refractivity contribution in [2.45, 2.75) is 166 Å². The van der Waals surface area contributed by atoms with Crippen LogP contribution in [0.25, 0.3) is 0 Å². The van der Waals surface area contributed by atoms with E-state index in [1.54, 1.807) is 42.5 Å². The van der Waals surface area contributed by atoms with Gasteiger partial charge in [0, 0.05) is 12.8 Å². The van der Waals surface area contributed by atoms with Crippen LogP contribution in [0.4, 0.5) is 0 Å². The number of hydrogen-bond donors (Lipinski definition) is 6. The van der Waals surface area contributed by atoms with E-state index in [4.69, 9.17) is 24.8 Å². The maximum Gasteiger partial charge on any atom is 0.472 e. The SMILES string of the molecule is CCCCCCCC/C=C\C/C=C\C/C=C\CCCC(=O)OC[C@H](COP(=O)(O)OC[C@H](N)C(=O)O)OC(=O)CCC[C@H](O)[C@@H](O)/C=C/C=C/C=C\C=C\[C@@H](O)CCCCC. The lowest BCUT2D eigenvalue weighted by atomic mass is 10.1. The van der Waals surface area contributed by atoms with Crippen molar-refractivity contribution < 1.29 is 62.8 Å². The number of unbranched alkanes of at least 4 members (excludes halogenated alkanes) is 9. The predicted octanol–water partition coefficient (Wildman–Crippen LogP) is 8.41. The molecule has 61 heavy (non-hydrogen) atoms. The number of esters is 2. The fourth-order valence-electron chi connectivity index (χ4n) is 5.35. The molecule has 0 aliphatic heterocycles. The molecule has 0 aliphatic rings. The number of carboxylic acid groups (broad SMARTS) is 1. The summed E-state index contributed by atoms with van der Waals surface area (Å²) in [4.78, 5) is 46.0. The van der Waals surface area contributed by atoms with Gasteiger partial charge in [-0.3, -0.25) is 23.4 Å². The van der Waals surface area contributed by atoms with E-state index in [1.807, 2.05) is 12.2 Å². The first-order chi connectivity index (χ1) is 29.3. The minimum absolute atomic E-state index is 0.0384. The molecule has 7 N–H and O–H groups in total. The highest BCUT2D eigenvalue weighted by molar-refractivity contribution is 7.47. The van der Waals surface area contributed by atoms with Gasteiger partial charge in [0.25, 0.3) is 0 Å². The van der Waals surface area contributed by atoms with Crippen LogP contribution in [0.3, 0.4) is 0 Å². The maximum absolute atomic E-state index is 12.7. The zero-order valence-corrected chi connectivity index (χ0v) is 37.4. The molecule has 0 saturated carbocycles. The van der Waals surface area contributed by atoms with E-state index in [0.29, 0.717) is 12.8 Å². The lowest BCUT2D eigenvalue weighted by Crippen LogP contribution is -2.34. The Labute approximate surface area is 364 Å². The second-order valence-electron chi connectivity index (χ2n) is 14.7. The summed E-state index contributed by atoms with van der Waals surface area (Å²) in [6.45, 7) is 2.27. The van der Waals surface area contributed by atoms with Crippen molar-refractivity contribution in [3.63, 3.8) is 0 Å². The first-order valence-corrected chi connectivity index (χ1v) is 23.4. The van der Waals surface area contributed by atoms with Crippen LogP contribution in [0, 0.1) is 0 Å². The van der Waals surface area contributed by atoms with Crippen molar-refractivity contribution in [1.29, 1.82) is 0 Å². The van der Waals surface area contributed by atoms with E-state index in [1.165, 1.54) is 44.6 Å². The molecular formula is C46H76NO13P. The molecule has 0 saturated heterocycles. The number of carbonyl (C=O) groups excluding carboxylic acids is 2. The van der Waals surface area contributed by atoms with Crippen molar-refractivity contribution in [3.05, 3.63) is 85.1 Å². The largest absolute Gasteiger partial charge is 0.480 e. The fourth-order valence-corrected chi connectivity index (χ4v) is 6.12. The van der Waals surface area contributed by atoms with Gasteiger partial charge in [-0.05, 0) is 57.8 Å². The molecule has 348 valence electrons. The second kappa shape index (κ2) is 39.4. The Balaban J connectivity index is 4.79. The number of phosphoric acid groups is 1. The van der Waals surface area contributed by atoms with E-state index in [-0.39, 0.29) is 25.7 Å². The zero-order valence-electron chi connectivity index (χ0n) is 36.6. The summed E-state index contributed by atoms with van der Waals surface area (Å²) < 4.78 is 32.4. The number of phosphoric ester groups is 1. The molecule has 0 amide bonds. The Morgan fingerprint density at radius 3 is 1.82 bits per heavy atom. The number of aliphatic hydroxyl groups excluding tert-OH is 3. The Hall–Kier alpha value is -3.46. The number of carboxylic acids is 1. The third-order valence-corrected chi connectivity index (χ3v) is 9.93. The molecule has 0 aliphatic carbocycles. The number of hydrogen-bond acceptors (Lipinski definition) is 12. The van der Waals surface area contributed by atoms with Gasteiger partial charge in [0.15, 0.2) is 6.10 Å². The molecule has 15 heteroatoms. The number of rotatable bonds is 39. The zero-order chi connectivity index (χ0) is 45.4. The Morgan fingerprint density at radius 1 is 0.623 bits per heavy atom. The maximum atomic E-state index is 12.7. The van der Waals surface area contributed by atoms with Crippen LogP contribution in [0.15, 0.2) is 85.1 Å². The Morgan fingerprint density at radius 2 is 1.16 bits per heavy atom. The van der Waals surface area contributed by atoms with Crippen molar-refractivity contribution in [3.8, 4) is 0 Å². The van der Waals surface area contributed by atoms with Crippen LogP contribution in [-0.2, 0) is 37.5 Å². The second-order valence-corrected chi connectivity index (χ2v) is 16.1. The molecule has 0 radical (unpaired) electrons. The van der Waals surface area contributed by atoms with Crippen molar-refractivity contribution in [2.75, 3.05) is 19.8 Å². The van der Waals surface area contributed by atoms with Crippen LogP contribution in [-0.4, -0.2) is 93.5 Å². The molecule has 0 rings (SSSR count). The van der Waals surface area contributed by atoms with Gasteiger partial charge in [0.1, 0.15) is 12.6 Å². The summed E-state index contributed by atoms with van der Waals surface area (Å²) in [5.74, 6) is -2.83. The molecule has 0 aromatic carbocycles. The Kier molecular flexibility index (Phi) is 37.2. The monoisotopic (exact) mass is 882 g/mol. The minimum Gasteiger partial charge on any atom is -0.480 e. The van der Waals surface area contributed by atoms with E-state index in [9.17, 15) is 39.2 Å². The molecule has 0 heterocycles. The van der Waals surface area contributed by atoms with Crippen LogP contribution < -0.4 is 5.73 Å². The van der Waals surface area contributed by atoms with Gasteiger partial charge in [0.05, 0.1) is 31.5 Å². The van der Waals surface area contributed by atoms with Crippen LogP contribution in [0.1, 0.15) is 136 Å². The summed E-state index contributed by atoms with van der Waals surface area (Å²) in [7, 11) is -4.83. The van der Waals surface area contributed by atoms with Gasteiger partial charge in [-0.2, -0.15) is 0 Å². The highest BCUT2D eigenvalue weighted by Gasteiger charge is 2.28. The first-order valence-electron chi connectivity index (χ1n) is 21.9. The van der Waals surface area contributed by atoms with E-state index in [2.05, 4.69) is 42.7 Å². The first kappa shape index (κ1) is 57.5. The van der Waals surface area contributed by atoms with E-state index >= 15 is 0 Å². The lowest BCUT2D eigenvalue weighted by molar-refractivity contribution is -0.161. The third kappa shape index (κ3) is 38.0. The van der Waals surface area contributed by atoms with Gasteiger partial charge in [0.2, 0.25) is 0 Å². The summed E-state index contributed by atoms with van der Waals surface area (Å²) >= 11 is 0. The number of nitrogens with two attached hydrogens (primary N) is 1. The molecule has 0 bridgehead atoms. The molecule has 6 atom stereocenters. The van der Waals surface area contributed by atoms with Crippen LogP contribution in [0.5, 0.6) is 0 Å².